The number of aliphatic hydroxyl groups is 1. The van der Waals surface area contributed by atoms with Gasteiger partial charge in [0.05, 0.1) is 6.10 Å². The summed E-state index contributed by atoms with van der Waals surface area (Å²) in [7, 11) is 3.94. The maximum atomic E-state index is 9.69. The van der Waals surface area contributed by atoms with Gasteiger partial charge >= 0.3 is 0 Å². The number of halogens is 1. The fraction of sp³-hybridized carbons (Fsp3) is 0.400. The van der Waals surface area contributed by atoms with Crippen LogP contribution < -0.4 is 4.90 Å². The molecule has 3 heteroatoms. The highest BCUT2D eigenvalue weighted by molar-refractivity contribution is 9.09. The maximum absolute atomic E-state index is 9.69. The van der Waals surface area contributed by atoms with Crippen molar-refractivity contribution in [1.82, 2.24) is 0 Å². The zero-order valence-corrected chi connectivity index (χ0v) is 9.45. The molecule has 1 aromatic carbocycles. The minimum atomic E-state index is -0.432. The fourth-order valence-corrected chi connectivity index (χ4v) is 1.61. The van der Waals surface area contributed by atoms with E-state index < -0.39 is 6.10 Å². The quantitative estimate of drug-likeness (QED) is 0.824. The summed E-state index contributed by atoms with van der Waals surface area (Å²) in [6.07, 6.45) is -0.432. The van der Waals surface area contributed by atoms with E-state index in [1.165, 1.54) is 0 Å². The molecule has 0 saturated heterocycles. The van der Waals surface area contributed by atoms with E-state index in [0.717, 1.165) is 11.3 Å². The lowest BCUT2D eigenvalue weighted by Crippen LogP contribution is -2.13. The summed E-state index contributed by atoms with van der Waals surface area (Å²) in [4.78, 5) is 2.00. The van der Waals surface area contributed by atoms with Crippen molar-refractivity contribution in [3.8, 4) is 0 Å². The second-order valence-corrected chi connectivity index (χ2v) is 3.77. The number of para-hydroxylation sites is 1. The molecular formula is C10H14BrNO. The number of nitrogens with zero attached hydrogens (tertiary/aromatic N) is 1. The summed E-state index contributed by atoms with van der Waals surface area (Å²) in [5, 5.41) is 10.3. The van der Waals surface area contributed by atoms with E-state index in [4.69, 9.17) is 0 Å². The molecule has 1 rings (SSSR count). The summed E-state index contributed by atoms with van der Waals surface area (Å²) in [5.74, 6) is 0. The number of anilines is 1. The number of aliphatic hydroxyl groups excluding tert-OH is 1. The summed E-state index contributed by atoms with van der Waals surface area (Å²) in [5.41, 5.74) is 2.03. The Morgan fingerprint density at radius 2 is 2.00 bits per heavy atom. The smallest absolute Gasteiger partial charge is 0.0906 e. The molecule has 1 atom stereocenters. The maximum Gasteiger partial charge on any atom is 0.0906 e. The molecule has 1 unspecified atom stereocenters. The van der Waals surface area contributed by atoms with Crippen molar-refractivity contribution in [2.45, 2.75) is 6.10 Å². The van der Waals surface area contributed by atoms with Crippen molar-refractivity contribution in [2.24, 2.45) is 0 Å². The minimum Gasteiger partial charge on any atom is -0.387 e. The van der Waals surface area contributed by atoms with E-state index in [9.17, 15) is 5.11 Å². The van der Waals surface area contributed by atoms with E-state index >= 15 is 0 Å². The number of rotatable bonds is 3. The molecule has 13 heavy (non-hydrogen) atoms. The highest BCUT2D eigenvalue weighted by Gasteiger charge is 2.10. The Kier molecular flexibility index (Phi) is 3.75. The average Bonchev–Trinajstić information content (AvgIpc) is 2.16. The van der Waals surface area contributed by atoms with Gasteiger partial charge in [0.15, 0.2) is 0 Å². The van der Waals surface area contributed by atoms with Crippen molar-refractivity contribution >= 4 is 21.6 Å². The van der Waals surface area contributed by atoms with Gasteiger partial charge in [0.2, 0.25) is 0 Å². The molecule has 0 aliphatic heterocycles. The molecule has 2 nitrogen and oxygen atoms in total. The van der Waals surface area contributed by atoms with E-state index in [-0.39, 0.29) is 0 Å². The Bertz CT molecular complexity index is 275. The highest BCUT2D eigenvalue weighted by atomic mass is 79.9. The van der Waals surface area contributed by atoms with Crippen molar-refractivity contribution in [3.63, 3.8) is 0 Å². The third-order valence-corrected chi connectivity index (χ3v) is 2.54. The van der Waals surface area contributed by atoms with Crippen LogP contribution in [0.2, 0.25) is 0 Å². The van der Waals surface area contributed by atoms with E-state index in [2.05, 4.69) is 15.9 Å². The number of hydrogen-bond donors (Lipinski definition) is 1. The van der Waals surface area contributed by atoms with Crippen LogP contribution in [0.4, 0.5) is 5.69 Å². The summed E-state index contributed by atoms with van der Waals surface area (Å²) in [6, 6.07) is 7.86. The SMILES string of the molecule is CN(C)c1ccccc1C(O)CBr. The molecular weight excluding hydrogens is 230 g/mol. The molecule has 0 spiro atoms. The Labute approximate surface area is 87.3 Å². The van der Waals surface area contributed by atoms with E-state index in [1.54, 1.807) is 0 Å². The van der Waals surface area contributed by atoms with Gasteiger partial charge in [-0.05, 0) is 6.07 Å². The standard InChI is InChI=1S/C10H14BrNO/c1-12(2)9-6-4-3-5-8(9)10(13)7-11/h3-6,10,13H,7H2,1-2H3. The van der Waals surface area contributed by atoms with Crippen molar-refractivity contribution in [2.75, 3.05) is 24.3 Å². The lowest BCUT2D eigenvalue weighted by Gasteiger charge is -2.19. The first kappa shape index (κ1) is 10.5. The Morgan fingerprint density at radius 1 is 1.38 bits per heavy atom. The van der Waals surface area contributed by atoms with Crippen LogP contribution in [0.3, 0.4) is 0 Å². The summed E-state index contributed by atoms with van der Waals surface area (Å²) in [6.45, 7) is 0. The van der Waals surface area contributed by atoms with Crippen LogP contribution in [0, 0.1) is 0 Å². The molecule has 0 aromatic heterocycles. The van der Waals surface area contributed by atoms with Crippen LogP contribution in [0.25, 0.3) is 0 Å². The molecule has 0 bridgehead atoms. The van der Waals surface area contributed by atoms with Gasteiger partial charge in [-0.2, -0.15) is 0 Å². The van der Waals surface area contributed by atoms with Crippen LogP contribution >= 0.6 is 15.9 Å². The molecule has 1 aromatic rings. The van der Waals surface area contributed by atoms with Gasteiger partial charge < -0.3 is 10.0 Å². The van der Waals surface area contributed by atoms with E-state index in [0.29, 0.717) is 5.33 Å². The molecule has 0 aliphatic carbocycles. The Morgan fingerprint density at radius 3 is 2.54 bits per heavy atom. The first-order chi connectivity index (χ1) is 6.16. The monoisotopic (exact) mass is 243 g/mol. The van der Waals surface area contributed by atoms with Gasteiger partial charge in [-0.3, -0.25) is 0 Å². The van der Waals surface area contributed by atoms with Crippen molar-refractivity contribution in [1.29, 1.82) is 0 Å². The van der Waals surface area contributed by atoms with Gasteiger partial charge in [-0.25, -0.2) is 0 Å². The van der Waals surface area contributed by atoms with Gasteiger partial charge in [-0.1, -0.05) is 34.1 Å². The largest absolute Gasteiger partial charge is 0.387 e. The van der Waals surface area contributed by atoms with Crippen molar-refractivity contribution in [3.05, 3.63) is 29.8 Å². The summed E-state index contributed by atoms with van der Waals surface area (Å²) >= 11 is 3.27. The summed E-state index contributed by atoms with van der Waals surface area (Å²) < 4.78 is 0. The number of hydrogen-bond acceptors (Lipinski definition) is 2. The van der Waals surface area contributed by atoms with Crippen LogP contribution in [0.1, 0.15) is 11.7 Å². The predicted octanol–water partition coefficient (Wildman–Crippen LogP) is 2.18. The van der Waals surface area contributed by atoms with Gasteiger partial charge in [0, 0.05) is 30.7 Å². The van der Waals surface area contributed by atoms with Gasteiger partial charge in [0.1, 0.15) is 0 Å². The second kappa shape index (κ2) is 4.63. The zero-order valence-electron chi connectivity index (χ0n) is 7.87. The molecule has 0 amide bonds. The molecule has 1 N–H and O–H groups in total. The molecule has 0 radical (unpaired) electrons. The van der Waals surface area contributed by atoms with Crippen molar-refractivity contribution < 1.29 is 5.11 Å². The van der Waals surface area contributed by atoms with Gasteiger partial charge in [-0.15, -0.1) is 0 Å². The number of benzene rings is 1. The lowest BCUT2D eigenvalue weighted by atomic mass is 10.1. The first-order valence-corrected chi connectivity index (χ1v) is 5.29. The van der Waals surface area contributed by atoms with Crippen LogP contribution in [0.15, 0.2) is 24.3 Å². The highest BCUT2D eigenvalue weighted by Crippen LogP contribution is 2.25. The molecule has 72 valence electrons. The van der Waals surface area contributed by atoms with Crippen LogP contribution in [-0.4, -0.2) is 24.5 Å². The zero-order chi connectivity index (χ0) is 9.84. The molecule has 0 aliphatic rings. The third kappa shape index (κ3) is 2.45. The Hall–Kier alpha value is -0.540. The second-order valence-electron chi connectivity index (χ2n) is 3.12. The minimum absolute atomic E-state index is 0.432. The topological polar surface area (TPSA) is 23.5 Å². The fourth-order valence-electron chi connectivity index (χ4n) is 1.26. The van der Waals surface area contributed by atoms with E-state index in [1.807, 2.05) is 43.3 Å². The van der Waals surface area contributed by atoms with Gasteiger partial charge in [0.25, 0.3) is 0 Å². The Balaban J connectivity index is 3.04. The first-order valence-electron chi connectivity index (χ1n) is 4.17. The average molecular weight is 244 g/mol. The molecule has 0 heterocycles. The normalized spacial score (nSPS) is 12.6. The van der Waals surface area contributed by atoms with Crippen LogP contribution in [0.5, 0.6) is 0 Å². The predicted molar refractivity (Wildman–Crippen MR) is 59.5 cm³/mol. The third-order valence-electron chi connectivity index (χ3n) is 1.92. The lowest BCUT2D eigenvalue weighted by molar-refractivity contribution is 0.206. The number of alkyl halides is 1. The molecule has 0 saturated carbocycles. The van der Waals surface area contributed by atoms with Crippen LogP contribution in [-0.2, 0) is 0 Å². The molecule has 0 fully saturated rings.